The van der Waals surface area contributed by atoms with Gasteiger partial charge in [0.2, 0.25) is 0 Å². The standard InChI is InChI=1S/C9H7ClN4O4/c10-5-3-13(4-7(16)17)12-8(5)14-2-1-6(15)11-9(14)18/h1-3H,4H2,(H,16,17)(H,11,15,18). The average molecular weight is 271 g/mol. The van der Waals surface area contributed by atoms with E-state index >= 15 is 0 Å². The summed E-state index contributed by atoms with van der Waals surface area (Å²) in [4.78, 5) is 35.0. The average Bonchev–Trinajstić information content (AvgIpc) is 2.58. The number of carbonyl (C=O) groups is 1. The molecule has 2 rings (SSSR count). The summed E-state index contributed by atoms with van der Waals surface area (Å²) in [6.45, 7) is -0.377. The number of nitrogens with zero attached hydrogens (tertiary/aromatic N) is 3. The molecule has 9 heteroatoms. The van der Waals surface area contributed by atoms with Gasteiger partial charge in [-0.2, -0.15) is 5.10 Å². The van der Waals surface area contributed by atoms with Crippen molar-refractivity contribution in [1.82, 2.24) is 19.3 Å². The smallest absolute Gasteiger partial charge is 0.334 e. The predicted octanol–water partition coefficient (Wildman–Crippen LogP) is -0.540. The molecule has 2 N–H and O–H groups in total. The Morgan fingerprint density at radius 1 is 1.50 bits per heavy atom. The highest BCUT2D eigenvalue weighted by atomic mass is 35.5. The Bertz CT molecular complexity index is 714. The Kier molecular flexibility index (Phi) is 3.02. The molecule has 94 valence electrons. The Hall–Kier alpha value is -2.35. The molecule has 0 radical (unpaired) electrons. The second-order valence-corrected chi connectivity index (χ2v) is 3.78. The molecule has 0 aromatic carbocycles. The van der Waals surface area contributed by atoms with Crippen molar-refractivity contribution in [2.24, 2.45) is 0 Å². The molecule has 0 saturated carbocycles. The lowest BCUT2D eigenvalue weighted by atomic mass is 10.5. The van der Waals surface area contributed by atoms with Crippen molar-refractivity contribution in [2.45, 2.75) is 6.54 Å². The molecule has 0 unspecified atom stereocenters. The molecular weight excluding hydrogens is 264 g/mol. The molecular formula is C9H7ClN4O4. The van der Waals surface area contributed by atoms with Crippen molar-refractivity contribution in [2.75, 3.05) is 0 Å². The SMILES string of the molecule is O=C(O)Cn1cc(Cl)c(-n2ccc(=O)[nH]c2=O)n1. The number of nitrogens with one attached hydrogen (secondary N) is 1. The van der Waals surface area contributed by atoms with Crippen LogP contribution in [0.3, 0.4) is 0 Å². The first-order valence-electron chi connectivity index (χ1n) is 4.74. The summed E-state index contributed by atoms with van der Waals surface area (Å²) >= 11 is 5.85. The van der Waals surface area contributed by atoms with Gasteiger partial charge in [0, 0.05) is 18.5 Å². The summed E-state index contributed by atoms with van der Waals surface area (Å²) in [5.74, 6) is -1.03. The molecule has 0 aliphatic heterocycles. The molecule has 2 aromatic rings. The molecule has 0 spiro atoms. The van der Waals surface area contributed by atoms with Crippen LogP contribution in [0.15, 0.2) is 28.0 Å². The third kappa shape index (κ3) is 2.33. The number of hydrogen-bond donors (Lipinski definition) is 2. The van der Waals surface area contributed by atoms with Crippen LogP contribution in [0.1, 0.15) is 0 Å². The van der Waals surface area contributed by atoms with Gasteiger partial charge in [0.1, 0.15) is 11.6 Å². The molecule has 0 aliphatic carbocycles. The highest BCUT2D eigenvalue weighted by molar-refractivity contribution is 6.32. The minimum absolute atomic E-state index is 0.0548. The van der Waals surface area contributed by atoms with Crippen molar-refractivity contribution >= 4 is 17.6 Å². The largest absolute Gasteiger partial charge is 0.480 e. The first-order valence-corrected chi connectivity index (χ1v) is 5.12. The van der Waals surface area contributed by atoms with Crippen molar-refractivity contribution in [1.29, 1.82) is 0 Å². The van der Waals surface area contributed by atoms with E-state index in [4.69, 9.17) is 16.7 Å². The second kappa shape index (κ2) is 4.49. The fourth-order valence-corrected chi connectivity index (χ4v) is 1.60. The van der Waals surface area contributed by atoms with Crippen LogP contribution < -0.4 is 11.2 Å². The van der Waals surface area contributed by atoms with Gasteiger partial charge in [-0.25, -0.2) is 4.79 Å². The minimum atomic E-state index is -1.09. The summed E-state index contributed by atoms with van der Waals surface area (Å²) in [5, 5.41) is 12.6. The van der Waals surface area contributed by atoms with Crippen LogP contribution in [0.4, 0.5) is 0 Å². The van der Waals surface area contributed by atoms with Crippen molar-refractivity contribution in [3.8, 4) is 5.82 Å². The maximum absolute atomic E-state index is 11.5. The van der Waals surface area contributed by atoms with Crippen LogP contribution >= 0.6 is 11.6 Å². The zero-order valence-electron chi connectivity index (χ0n) is 8.83. The third-order valence-electron chi connectivity index (χ3n) is 2.05. The van der Waals surface area contributed by atoms with Gasteiger partial charge >= 0.3 is 11.7 Å². The van der Waals surface area contributed by atoms with Crippen LogP contribution in [0.2, 0.25) is 5.02 Å². The van der Waals surface area contributed by atoms with Gasteiger partial charge in [-0.1, -0.05) is 11.6 Å². The number of H-pyrrole nitrogens is 1. The molecule has 0 atom stereocenters. The fourth-order valence-electron chi connectivity index (χ4n) is 1.35. The van der Waals surface area contributed by atoms with E-state index in [0.717, 1.165) is 15.3 Å². The van der Waals surface area contributed by atoms with Crippen LogP contribution in [0.5, 0.6) is 0 Å². The van der Waals surface area contributed by atoms with Gasteiger partial charge in [0.15, 0.2) is 5.82 Å². The zero-order valence-corrected chi connectivity index (χ0v) is 9.59. The van der Waals surface area contributed by atoms with Gasteiger partial charge < -0.3 is 5.11 Å². The van der Waals surface area contributed by atoms with Gasteiger partial charge in [0.05, 0.1) is 0 Å². The lowest BCUT2D eigenvalue weighted by Gasteiger charge is -1.99. The number of carboxylic acid groups (broad SMARTS) is 1. The Labute approximate surface area is 104 Å². The van der Waals surface area contributed by atoms with Crippen molar-refractivity contribution in [3.05, 3.63) is 44.3 Å². The molecule has 0 bridgehead atoms. The highest BCUT2D eigenvalue weighted by Crippen LogP contribution is 2.16. The van der Waals surface area contributed by atoms with E-state index in [1.807, 2.05) is 4.98 Å². The molecule has 0 aliphatic rings. The molecule has 18 heavy (non-hydrogen) atoms. The Balaban J connectivity index is 2.51. The molecule has 2 aromatic heterocycles. The lowest BCUT2D eigenvalue weighted by molar-refractivity contribution is -0.137. The van der Waals surface area contributed by atoms with Crippen molar-refractivity contribution in [3.63, 3.8) is 0 Å². The molecule has 0 saturated heterocycles. The van der Waals surface area contributed by atoms with Crippen molar-refractivity contribution < 1.29 is 9.90 Å². The Morgan fingerprint density at radius 2 is 2.22 bits per heavy atom. The number of carboxylic acids is 1. The number of aromatic amines is 1. The number of halogens is 1. The molecule has 2 heterocycles. The van der Waals surface area contributed by atoms with E-state index in [1.54, 1.807) is 0 Å². The first kappa shape index (κ1) is 12.1. The van der Waals surface area contributed by atoms with E-state index < -0.39 is 17.2 Å². The van der Waals surface area contributed by atoms with Gasteiger partial charge in [-0.3, -0.25) is 23.8 Å². The van der Waals surface area contributed by atoms with E-state index in [0.29, 0.717) is 0 Å². The number of aromatic nitrogens is 4. The quantitative estimate of drug-likeness (QED) is 0.778. The van der Waals surface area contributed by atoms with E-state index in [-0.39, 0.29) is 17.4 Å². The Morgan fingerprint density at radius 3 is 2.83 bits per heavy atom. The topological polar surface area (TPSA) is 110 Å². The van der Waals surface area contributed by atoms with E-state index in [2.05, 4.69) is 5.10 Å². The second-order valence-electron chi connectivity index (χ2n) is 3.37. The summed E-state index contributed by atoms with van der Waals surface area (Å²) in [6.07, 6.45) is 2.49. The number of rotatable bonds is 3. The van der Waals surface area contributed by atoms with Crippen LogP contribution in [0.25, 0.3) is 5.82 Å². The first-order chi connectivity index (χ1) is 8.47. The lowest BCUT2D eigenvalue weighted by Crippen LogP contribution is -2.28. The van der Waals surface area contributed by atoms with Crippen LogP contribution in [-0.4, -0.2) is 30.4 Å². The molecule has 8 nitrogen and oxygen atoms in total. The summed E-state index contributed by atoms with van der Waals surface area (Å²) in [7, 11) is 0. The van der Waals surface area contributed by atoms with E-state index in [1.165, 1.54) is 12.4 Å². The minimum Gasteiger partial charge on any atom is -0.480 e. The maximum atomic E-state index is 11.5. The third-order valence-corrected chi connectivity index (χ3v) is 2.32. The van der Waals surface area contributed by atoms with Gasteiger partial charge in [0.25, 0.3) is 5.56 Å². The zero-order chi connectivity index (χ0) is 13.3. The van der Waals surface area contributed by atoms with Crippen LogP contribution in [0, 0.1) is 0 Å². The monoisotopic (exact) mass is 270 g/mol. The summed E-state index contributed by atoms with van der Waals surface area (Å²) < 4.78 is 2.10. The summed E-state index contributed by atoms with van der Waals surface area (Å²) in [5.41, 5.74) is -1.25. The normalized spacial score (nSPS) is 10.5. The van der Waals surface area contributed by atoms with Gasteiger partial charge in [-0.05, 0) is 0 Å². The predicted molar refractivity (Wildman–Crippen MR) is 61.1 cm³/mol. The van der Waals surface area contributed by atoms with Gasteiger partial charge in [-0.15, -0.1) is 0 Å². The number of aliphatic carboxylic acids is 1. The number of hydrogen-bond acceptors (Lipinski definition) is 4. The summed E-state index contributed by atoms with van der Waals surface area (Å²) in [6, 6.07) is 1.13. The molecule has 0 amide bonds. The fraction of sp³-hybridized carbons (Fsp3) is 0.111. The molecule has 0 fully saturated rings. The van der Waals surface area contributed by atoms with Crippen LogP contribution in [-0.2, 0) is 11.3 Å². The highest BCUT2D eigenvalue weighted by Gasteiger charge is 2.12. The van der Waals surface area contributed by atoms with E-state index in [9.17, 15) is 14.4 Å². The maximum Gasteiger partial charge on any atom is 0.334 e.